The molecule has 0 bridgehead atoms. The number of ether oxygens (including phenoxy) is 2. The summed E-state index contributed by atoms with van der Waals surface area (Å²) in [5, 5.41) is 0.643. The van der Waals surface area contributed by atoms with Gasteiger partial charge in [0, 0.05) is 48.2 Å². The van der Waals surface area contributed by atoms with Crippen LogP contribution in [0.4, 0.5) is 21.9 Å². The second-order valence-electron chi connectivity index (χ2n) is 8.75. The maximum Gasteiger partial charge on any atom is 0.330 e. The summed E-state index contributed by atoms with van der Waals surface area (Å²) in [5.41, 5.74) is 4.57. The Labute approximate surface area is 206 Å². The summed E-state index contributed by atoms with van der Waals surface area (Å²) >= 11 is 6.20. The highest BCUT2D eigenvalue weighted by Crippen LogP contribution is 2.48. The van der Waals surface area contributed by atoms with Gasteiger partial charge < -0.3 is 14.4 Å². The van der Waals surface area contributed by atoms with E-state index in [4.69, 9.17) is 21.1 Å². The molecular formula is C27H30ClN3O3. The molecule has 1 aliphatic heterocycles. The molecule has 0 saturated heterocycles. The highest BCUT2D eigenvalue weighted by molar-refractivity contribution is 6.30. The van der Waals surface area contributed by atoms with Gasteiger partial charge in [-0.05, 0) is 61.9 Å². The summed E-state index contributed by atoms with van der Waals surface area (Å²) < 4.78 is 11.2. The van der Waals surface area contributed by atoms with Gasteiger partial charge in [0.15, 0.2) is 11.5 Å². The summed E-state index contributed by atoms with van der Waals surface area (Å²) in [7, 11) is 7.21. The first-order valence-electron chi connectivity index (χ1n) is 11.2. The number of benzene rings is 3. The largest absolute Gasteiger partial charge is 0.493 e. The van der Waals surface area contributed by atoms with Crippen molar-refractivity contribution in [3.63, 3.8) is 0 Å². The molecule has 178 valence electrons. The number of rotatable bonds is 6. The van der Waals surface area contributed by atoms with E-state index in [1.807, 2.05) is 103 Å². The standard InChI is InChI=1S/C27H30ClN3O3/c1-17(2)30-23-16-25(34-6)24(33-5)15-22(23)26(18-7-9-19(28)10-8-18)31(27(30)32)21-13-11-20(12-14-21)29(3)4/h7-17,26H,1-6H3. The zero-order valence-corrected chi connectivity index (χ0v) is 21.1. The average molecular weight is 480 g/mol. The molecule has 3 aromatic carbocycles. The van der Waals surface area contributed by atoms with Crippen LogP contribution in [0.2, 0.25) is 5.02 Å². The Balaban J connectivity index is 1.99. The lowest BCUT2D eigenvalue weighted by atomic mass is 9.91. The number of fused-ring (bicyclic) bond motifs is 1. The van der Waals surface area contributed by atoms with Crippen LogP contribution >= 0.6 is 11.6 Å². The zero-order valence-electron chi connectivity index (χ0n) is 20.4. The van der Waals surface area contributed by atoms with E-state index >= 15 is 0 Å². The minimum absolute atomic E-state index is 0.0703. The van der Waals surface area contributed by atoms with Crippen molar-refractivity contribution in [1.82, 2.24) is 0 Å². The maximum absolute atomic E-state index is 14.1. The maximum atomic E-state index is 14.1. The molecule has 0 aromatic heterocycles. The first-order chi connectivity index (χ1) is 16.3. The minimum Gasteiger partial charge on any atom is -0.493 e. The number of methoxy groups -OCH3 is 2. The Morgan fingerprint density at radius 1 is 0.912 bits per heavy atom. The van der Waals surface area contributed by atoms with Gasteiger partial charge >= 0.3 is 6.03 Å². The van der Waals surface area contributed by atoms with Crippen molar-refractivity contribution in [2.24, 2.45) is 0 Å². The van der Waals surface area contributed by atoms with Crippen LogP contribution in [-0.4, -0.2) is 40.4 Å². The smallest absolute Gasteiger partial charge is 0.330 e. The molecule has 0 radical (unpaired) electrons. The third-order valence-corrected chi connectivity index (χ3v) is 6.36. The van der Waals surface area contributed by atoms with E-state index in [9.17, 15) is 4.79 Å². The molecule has 0 N–H and O–H groups in total. The van der Waals surface area contributed by atoms with E-state index in [2.05, 4.69) is 0 Å². The van der Waals surface area contributed by atoms with Gasteiger partial charge in [0.1, 0.15) is 0 Å². The molecule has 2 amide bonds. The van der Waals surface area contributed by atoms with E-state index in [1.165, 1.54) is 0 Å². The topological polar surface area (TPSA) is 45.3 Å². The fourth-order valence-electron chi connectivity index (χ4n) is 4.42. The number of carbonyl (C=O) groups is 1. The van der Waals surface area contributed by atoms with Gasteiger partial charge in [-0.3, -0.25) is 9.80 Å². The van der Waals surface area contributed by atoms with Crippen LogP contribution in [0.15, 0.2) is 60.7 Å². The molecule has 7 heteroatoms. The Kier molecular flexibility index (Phi) is 6.62. The molecule has 0 saturated carbocycles. The fraction of sp³-hybridized carbons (Fsp3) is 0.296. The van der Waals surface area contributed by atoms with Gasteiger partial charge in [0.2, 0.25) is 0 Å². The van der Waals surface area contributed by atoms with Crippen molar-refractivity contribution in [2.45, 2.75) is 25.9 Å². The van der Waals surface area contributed by atoms with Gasteiger partial charge in [0.25, 0.3) is 0 Å². The Morgan fingerprint density at radius 2 is 1.50 bits per heavy atom. The molecule has 34 heavy (non-hydrogen) atoms. The van der Waals surface area contributed by atoms with Gasteiger partial charge in [0.05, 0.1) is 25.9 Å². The Morgan fingerprint density at radius 3 is 2.03 bits per heavy atom. The zero-order chi connectivity index (χ0) is 24.6. The quantitative estimate of drug-likeness (QED) is 0.412. The van der Waals surface area contributed by atoms with Crippen molar-refractivity contribution < 1.29 is 14.3 Å². The van der Waals surface area contributed by atoms with E-state index in [1.54, 1.807) is 14.2 Å². The molecule has 0 fully saturated rings. The number of amides is 2. The van der Waals surface area contributed by atoms with Crippen LogP contribution < -0.4 is 24.2 Å². The number of anilines is 3. The van der Waals surface area contributed by atoms with Crippen molar-refractivity contribution in [2.75, 3.05) is 43.0 Å². The molecule has 3 aromatic rings. The normalized spacial score (nSPS) is 15.4. The van der Waals surface area contributed by atoms with Gasteiger partial charge in [-0.1, -0.05) is 23.7 Å². The van der Waals surface area contributed by atoms with Crippen LogP contribution in [0.25, 0.3) is 0 Å². The molecule has 6 nitrogen and oxygen atoms in total. The van der Waals surface area contributed by atoms with Crippen LogP contribution in [0.1, 0.15) is 31.0 Å². The van der Waals surface area contributed by atoms with Gasteiger partial charge in [-0.25, -0.2) is 4.79 Å². The van der Waals surface area contributed by atoms with E-state index < -0.39 is 0 Å². The third kappa shape index (κ3) is 4.14. The number of urea groups is 1. The van der Waals surface area contributed by atoms with Crippen molar-refractivity contribution in [3.05, 3.63) is 76.8 Å². The highest BCUT2D eigenvalue weighted by Gasteiger charge is 2.41. The molecule has 1 atom stereocenters. The predicted molar refractivity (Wildman–Crippen MR) is 139 cm³/mol. The molecule has 4 rings (SSSR count). The van der Waals surface area contributed by atoms with Crippen molar-refractivity contribution >= 4 is 34.7 Å². The summed E-state index contributed by atoms with van der Waals surface area (Å²) in [5.74, 6) is 1.19. The second kappa shape index (κ2) is 9.47. The number of carbonyl (C=O) groups excluding carboxylic acids is 1. The molecule has 1 unspecified atom stereocenters. The Bertz CT molecular complexity index is 1180. The lowest BCUT2D eigenvalue weighted by Crippen LogP contribution is -2.52. The van der Waals surface area contributed by atoms with Gasteiger partial charge in [-0.2, -0.15) is 0 Å². The van der Waals surface area contributed by atoms with Crippen molar-refractivity contribution in [3.8, 4) is 11.5 Å². The first kappa shape index (κ1) is 23.8. The van der Waals surface area contributed by atoms with Crippen LogP contribution in [0, 0.1) is 0 Å². The number of hydrogen-bond acceptors (Lipinski definition) is 4. The molecular weight excluding hydrogens is 450 g/mol. The lowest BCUT2D eigenvalue weighted by Gasteiger charge is -2.44. The summed E-state index contributed by atoms with van der Waals surface area (Å²) in [6.45, 7) is 4.02. The summed E-state index contributed by atoms with van der Waals surface area (Å²) in [6.07, 6.45) is 0. The minimum atomic E-state index is -0.375. The van der Waals surface area contributed by atoms with Crippen LogP contribution in [0.5, 0.6) is 11.5 Å². The van der Waals surface area contributed by atoms with Crippen LogP contribution in [0.3, 0.4) is 0 Å². The molecule has 0 aliphatic carbocycles. The summed E-state index contributed by atoms with van der Waals surface area (Å²) in [6, 6.07) is 19.0. The molecule has 1 heterocycles. The first-order valence-corrected chi connectivity index (χ1v) is 11.6. The van der Waals surface area contributed by atoms with Crippen molar-refractivity contribution in [1.29, 1.82) is 0 Å². The highest BCUT2D eigenvalue weighted by atomic mass is 35.5. The summed E-state index contributed by atoms with van der Waals surface area (Å²) in [4.78, 5) is 19.8. The monoisotopic (exact) mass is 479 g/mol. The number of hydrogen-bond donors (Lipinski definition) is 0. The van der Waals surface area contributed by atoms with E-state index in [0.717, 1.165) is 28.2 Å². The second-order valence-corrected chi connectivity index (χ2v) is 9.18. The molecule has 1 aliphatic rings. The van der Waals surface area contributed by atoms with Crippen LogP contribution in [-0.2, 0) is 0 Å². The van der Waals surface area contributed by atoms with Gasteiger partial charge in [-0.15, -0.1) is 0 Å². The van der Waals surface area contributed by atoms with E-state index in [-0.39, 0.29) is 18.1 Å². The average Bonchev–Trinajstić information content (AvgIpc) is 2.82. The lowest BCUT2D eigenvalue weighted by molar-refractivity contribution is 0.247. The number of nitrogens with zero attached hydrogens (tertiary/aromatic N) is 3. The third-order valence-electron chi connectivity index (χ3n) is 6.10. The SMILES string of the molecule is COc1cc2c(cc1OC)N(C(C)C)C(=O)N(c1ccc(N(C)C)cc1)C2c1ccc(Cl)cc1. The molecule has 0 spiro atoms. The van der Waals surface area contributed by atoms with E-state index in [0.29, 0.717) is 16.5 Å². The predicted octanol–water partition coefficient (Wildman–Crippen LogP) is 6.37. The Hall–Kier alpha value is -3.38. The fourth-order valence-corrected chi connectivity index (χ4v) is 4.55. The number of halogens is 1.